The van der Waals surface area contributed by atoms with Gasteiger partial charge in [-0.15, -0.1) is 17.5 Å². The van der Waals surface area contributed by atoms with Crippen LogP contribution in [-0.2, 0) is 10.0 Å². The van der Waals surface area contributed by atoms with Crippen molar-refractivity contribution in [2.75, 3.05) is 39.3 Å². The van der Waals surface area contributed by atoms with Crippen LogP contribution in [0.15, 0.2) is 35.5 Å². The summed E-state index contributed by atoms with van der Waals surface area (Å²) in [5, 5.41) is 14.3. The van der Waals surface area contributed by atoms with Crippen LogP contribution in [0, 0.1) is 0 Å². The smallest absolute Gasteiger partial charge is 0.243 e. The zero-order valence-electron chi connectivity index (χ0n) is 14.2. The first kappa shape index (κ1) is 19.2. The number of sulfonamides is 1. The molecule has 1 N–H and O–H groups in total. The van der Waals surface area contributed by atoms with E-state index < -0.39 is 10.0 Å². The van der Waals surface area contributed by atoms with Crippen molar-refractivity contribution >= 4 is 22.4 Å². The van der Waals surface area contributed by atoms with E-state index in [1.165, 1.54) is 11.0 Å². The van der Waals surface area contributed by atoms with Crippen molar-refractivity contribution in [3.05, 3.63) is 30.6 Å². The number of aromatic nitrogens is 4. The fourth-order valence-corrected chi connectivity index (χ4v) is 5.02. The number of piperazine rings is 1. The Labute approximate surface area is 158 Å². The predicted octanol–water partition coefficient (Wildman–Crippen LogP) is -0.248. The highest BCUT2D eigenvalue weighted by Crippen LogP contribution is 2.25. The molecule has 0 bridgehead atoms. The molecule has 3 heterocycles. The highest BCUT2D eigenvalue weighted by atomic mass is 35.5. The van der Waals surface area contributed by atoms with Gasteiger partial charge in [-0.1, -0.05) is 6.07 Å². The minimum absolute atomic E-state index is 0. The number of benzene rings is 1. The molecule has 4 rings (SSSR count). The summed E-state index contributed by atoms with van der Waals surface area (Å²) in [5.74, 6) is 0. The SMILES string of the molecule is Cl.O=S(=O)(c1cccc(-n2cnnn2)c1)N1CCC(N2CCNCC2)C1. The number of rotatable bonds is 4. The van der Waals surface area contributed by atoms with E-state index in [1.54, 1.807) is 28.6 Å². The molecule has 0 saturated carbocycles. The highest BCUT2D eigenvalue weighted by molar-refractivity contribution is 7.89. The summed E-state index contributed by atoms with van der Waals surface area (Å²) in [6, 6.07) is 7.04. The van der Waals surface area contributed by atoms with E-state index in [0.717, 1.165) is 32.6 Å². The second-order valence-corrected chi connectivity index (χ2v) is 8.28. The first-order valence-electron chi connectivity index (χ1n) is 8.43. The lowest BCUT2D eigenvalue weighted by molar-refractivity contribution is 0.179. The number of halogens is 1. The third-order valence-corrected chi connectivity index (χ3v) is 6.72. The maximum Gasteiger partial charge on any atom is 0.243 e. The molecule has 142 valence electrons. The number of hydrogen-bond donors (Lipinski definition) is 1. The second kappa shape index (κ2) is 7.97. The third-order valence-electron chi connectivity index (χ3n) is 4.86. The Morgan fingerprint density at radius 2 is 1.96 bits per heavy atom. The zero-order chi connectivity index (χ0) is 17.3. The molecule has 1 aromatic carbocycles. The molecule has 26 heavy (non-hydrogen) atoms. The Hall–Kier alpha value is -1.59. The molecule has 1 atom stereocenters. The van der Waals surface area contributed by atoms with Gasteiger partial charge in [0.25, 0.3) is 0 Å². The predicted molar refractivity (Wildman–Crippen MR) is 98.0 cm³/mol. The van der Waals surface area contributed by atoms with E-state index >= 15 is 0 Å². The second-order valence-electron chi connectivity index (χ2n) is 6.34. The van der Waals surface area contributed by atoms with Crippen molar-refractivity contribution in [3.63, 3.8) is 0 Å². The zero-order valence-corrected chi connectivity index (χ0v) is 15.9. The van der Waals surface area contributed by atoms with Gasteiger partial charge in [0.15, 0.2) is 0 Å². The number of hydrogen-bond acceptors (Lipinski definition) is 7. The molecule has 9 nitrogen and oxygen atoms in total. The minimum Gasteiger partial charge on any atom is -0.314 e. The van der Waals surface area contributed by atoms with Crippen LogP contribution >= 0.6 is 12.4 Å². The molecule has 0 aliphatic carbocycles. The Kier molecular flexibility index (Phi) is 5.88. The number of nitrogens with one attached hydrogen (secondary N) is 1. The highest BCUT2D eigenvalue weighted by Gasteiger charge is 2.35. The van der Waals surface area contributed by atoms with Crippen LogP contribution in [0.3, 0.4) is 0 Å². The summed E-state index contributed by atoms with van der Waals surface area (Å²) in [6.07, 6.45) is 2.33. The molecule has 2 aliphatic rings. The van der Waals surface area contributed by atoms with E-state index in [1.807, 2.05) is 0 Å². The van der Waals surface area contributed by atoms with E-state index in [4.69, 9.17) is 0 Å². The molecule has 2 saturated heterocycles. The van der Waals surface area contributed by atoms with Crippen LogP contribution in [0.25, 0.3) is 5.69 Å². The van der Waals surface area contributed by atoms with Crippen LogP contribution in [-0.4, -0.2) is 83.1 Å². The van der Waals surface area contributed by atoms with E-state index in [0.29, 0.717) is 24.8 Å². The third kappa shape index (κ3) is 3.74. The monoisotopic (exact) mass is 399 g/mol. The molecule has 0 amide bonds. The molecular weight excluding hydrogens is 378 g/mol. The minimum atomic E-state index is -3.51. The summed E-state index contributed by atoms with van der Waals surface area (Å²) >= 11 is 0. The Morgan fingerprint density at radius 3 is 2.69 bits per heavy atom. The van der Waals surface area contributed by atoms with Gasteiger partial charge < -0.3 is 5.32 Å². The number of tetrazole rings is 1. The summed E-state index contributed by atoms with van der Waals surface area (Å²) in [5.41, 5.74) is 0.629. The number of nitrogens with zero attached hydrogens (tertiary/aromatic N) is 6. The molecule has 0 radical (unpaired) electrons. The van der Waals surface area contributed by atoms with Crippen molar-refractivity contribution in [2.45, 2.75) is 17.4 Å². The molecule has 2 fully saturated rings. The van der Waals surface area contributed by atoms with Gasteiger partial charge >= 0.3 is 0 Å². The molecule has 2 aromatic rings. The summed E-state index contributed by atoms with van der Waals surface area (Å²) in [4.78, 5) is 2.67. The van der Waals surface area contributed by atoms with Crippen molar-refractivity contribution < 1.29 is 8.42 Å². The molecule has 2 aliphatic heterocycles. The molecule has 11 heteroatoms. The quantitative estimate of drug-likeness (QED) is 0.757. The fourth-order valence-electron chi connectivity index (χ4n) is 3.49. The lowest BCUT2D eigenvalue weighted by Crippen LogP contribution is -2.49. The molecule has 1 aromatic heterocycles. The largest absolute Gasteiger partial charge is 0.314 e. The van der Waals surface area contributed by atoms with Crippen molar-refractivity contribution in [1.82, 2.24) is 34.7 Å². The summed E-state index contributed by atoms with van der Waals surface area (Å²) in [7, 11) is -3.51. The van der Waals surface area contributed by atoms with Crippen LogP contribution in [0.4, 0.5) is 0 Å². The maximum atomic E-state index is 13.0. The van der Waals surface area contributed by atoms with Crippen molar-refractivity contribution in [1.29, 1.82) is 0 Å². The van der Waals surface area contributed by atoms with Gasteiger partial charge in [0.05, 0.1) is 10.6 Å². The Morgan fingerprint density at radius 1 is 1.15 bits per heavy atom. The lowest BCUT2D eigenvalue weighted by Gasteiger charge is -2.32. The van der Waals surface area contributed by atoms with Crippen molar-refractivity contribution in [2.24, 2.45) is 0 Å². The first-order chi connectivity index (χ1) is 12.1. The molecule has 1 unspecified atom stereocenters. The average molecular weight is 400 g/mol. The van der Waals surface area contributed by atoms with Gasteiger partial charge in [-0.3, -0.25) is 4.90 Å². The summed E-state index contributed by atoms with van der Waals surface area (Å²) in [6.45, 7) is 5.01. The Balaban J connectivity index is 0.00000196. The Bertz CT molecular complexity index is 824. The van der Waals surface area contributed by atoms with Crippen LogP contribution < -0.4 is 5.32 Å². The van der Waals surface area contributed by atoms with Crippen molar-refractivity contribution in [3.8, 4) is 5.69 Å². The standard InChI is InChI=1S/C15H21N7O2S.ClH/c23-25(24,15-3-1-2-13(10-15)22-12-17-18-19-22)21-7-4-14(11-21)20-8-5-16-6-9-20;/h1-3,10,12,14,16H,4-9,11H2;1H. The van der Waals surface area contributed by atoms with Gasteiger partial charge in [0, 0.05) is 45.3 Å². The summed E-state index contributed by atoms with van der Waals surface area (Å²) < 4.78 is 29.1. The molecular formula is C15H22ClN7O2S. The van der Waals surface area contributed by atoms with E-state index in [2.05, 4.69) is 25.7 Å². The van der Waals surface area contributed by atoms with Gasteiger partial charge in [0.2, 0.25) is 10.0 Å². The van der Waals surface area contributed by atoms with Gasteiger partial charge in [-0.25, -0.2) is 13.1 Å². The van der Waals surface area contributed by atoms with E-state index in [9.17, 15) is 8.42 Å². The van der Waals surface area contributed by atoms with Crippen LogP contribution in [0.2, 0.25) is 0 Å². The van der Waals surface area contributed by atoms with Gasteiger partial charge in [-0.2, -0.15) is 4.31 Å². The average Bonchev–Trinajstić information content (AvgIpc) is 3.35. The lowest BCUT2D eigenvalue weighted by atomic mass is 10.2. The normalized spacial score (nSPS) is 22.2. The first-order valence-corrected chi connectivity index (χ1v) is 9.87. The fraction of sp³-hybridized carbons (Fsp3) is 0.533. The van der Waals surface area contributed by atoms with Crippen LogP contribution in [0.5, 0.6) is 0 Å². The maximum absolute atomic E-state index is 13.0. The van der Waals surface area contributed by atoms with E-state index in [-0.39, 0.29) is 17.3 Å². The topological polar surface area (TPSA) is 96.2 Å². The van der Waals surface area contributed by atoms with Gasteiger partial charge in [-0.05, 0) is 35.0 Å². The molecule has 0 spiro atoms. The van der Waals surface area contributed by atoms with Gasteiger partial charge in [0.1, 0.15) is 6.33 Å². The van der Waals surface area contributed by atoms with Crippen LogP contribution in [0.1, 0.15) is 6.42 Å².